The number of guanidine groups is 1. The molecule has 0 aliphatic heterocycles. The van der Waals surface area contributed by atoms with E-state index in [4.69, 9.17) is 4.42 Å². The second-order valence-electron chi connectivity index (χ2n) is 7.97. The smallest absolute Gasteiger partial charge is 0.227 e. The molecule has 1 aromatic heterocycles. The second-order valence-corrected chi connectivity index (χ2v) is 7.97. The molecule has 2 aromatic rings. The first-order chi connectivity index (χ1) is 14.5. The molecule has 1 aliphatic carbocycles. The molecule has 31 heavy (non-hydrogen) atoms. The number of carbonyl (C=O) groups is 1. The second kappa shape index (κ2) is 12.1. The number of aliphatic imine (C=N–C) groups is 1. The Morgan fingerprint density at radius 2 is 2.00 bits per heavy atom. The number of carbonyl (C=O) groups excluding carboxylic acids is 1. The van der Waals surface area contributed by atoms with E-state index < -0.39 is 5.60 Å². The first-order valence-corrected chi connectivity index (χ1v) is 10.7. The highest BCUT2D eigenvalue weighted by molar-refractivity contribution is 14.0. The summed E-state index contributed by atoms with van der Waals surface area (Å²) in [6.45, 7) is 5.08. The quantitative estimate of drug-likeness (QED) is 0.231. The summed E-state index contributed by atoms with van der Waals surface area (Å²) in [7, 11) is 0. The molecule has 1 unspecified atom stereocenters. The van der Waals surface area contributed by atoms with E-state index in [1.807, 2.05) is 31.2 Å². The van der Waals surface area contributed by atoms with E-state index in [-0.39, 0.29) is 42.3 Å². The maximum Gasteiger partial charge on any atom is 0.227 e. The zero-order valence-corrected chi connectivity index (χ0v) is 20.5. The first kappa shape index (κ1) is 25.2. The van der Waals surface area contributed by atoms with Crippen LogP contribution in [0, 0.1) is 5.92 Å². The van der Waals surface area contributed by atoms with Crippen LogP contribution in [0.2, 0.25) is 0 Å². The fourth-order valence-electron chi connectivity index (χ4n) is 3.62. The number of nitrogens with zero attached hydrogens (tertiary/aromatic N) is 1. The summed E-state index contributed by atoms with van der Waals surface area (Å²) in [5, 5.41) is 20.0. The van der Waals surface area contributed by atoms with Crippen LogP contribution in [0.1, 0.15) is 50.9 Å². The van der Waals surface area contributed by atoms with Gasteiger partial charge in [-0.3, -0.25) is 4.79 Å². The topological polar surface area (TPSA) is 98.9 Å². The molecule has 1 aliphatic rings. The minimum absolute atomic E-state index is 0. The van der Waals surface area contributed by atoms with Crippen LogP contribution in [0.15, 0.2) is 52.1 Å². The minimum atomic E-state index is -1.15. The van der Waals surface area contributed by atoms with Crippen molar-refractivity contribution in [3.63, 3.8) is 0 Å². The number of rotatable bonds is 8. The number of hydrogen-bond acceptors (Lipinski definition) is 4. The summed E-state index contributed by atoms with van der Waals surface area (Å²) in [4.78, 5) is 17.0. The first-order valence-electron chi connectivity index (χ1n) is 10.7. The third-order valence-corrected chi connectivity index (χ3v) is 5.34. The number of hydrogen-bond donors (Lipinski definition) is 4. The lowest BCUT2D eigenvalue weighted by atomic mass is 10.0. The van der Waals surface area contributed by atoms with Crippen LogP contribution in [-0.2, 0) is 16.9 Å². The number of aliphatic hydroxyl groups is 1. The molecule has 0 radical (unpaired) electrons. The molecule has 1 fully saturated rings. The number of benzene rings is 1. The van der Waals surface area contributed by atoms with Gasteiger partial charge in [0.1, 0.15) is 11.4 Å². The summed E-state index contributed by atoms with van der Waals surface area (Å²) >= 11 is 0. The maximum atomic E-state index is 12.4. The Bertz CT molecular complexity index is 846. The Morgan fingerprint density at radius 3 is 2.68 bits per heavy atom. The molecule has 1 saturated carbocycles. The van der Waals surface area contributed by atoms with Crippen LogP contribution >= 0.6 is 24.0 Å². The van der Waals surface area contributed by atoms with Crippen molar-refractivity contribution in [1.82, 2.24) is 10.6 Å². The van der Waals surface area contributed by atoms with Crippen LogP contribution in [0.5, 0.6) is 0 Å². The molecule has 1 atom stereocenters. The number of nitrogens with one attached hydrogen (secondary N) is 3. The van der Waals surface area contributed by atoms with E-state index in [1.54, 1.807) is 25.3 Å². The normalized spacial score (nSPS) is 16.3. The van der Waals surface area contributed by atoms with Gasteiger partial charge in [0.2, 0.25) is 5.91 Å². The Balaban J connectivity index is 0.00000341. The van der Waals surface area contributed by atoms with Gasteiger partial charge in [-0.25, -0.2) is 4.99 Å². The van der Waals surface area contributed by atoms with Gasteiger partial charge >= 0.3 is 0 Å². The van der Waals surface area contributed by atoms with Gasteiger partial charge in [-0.15, -0.1) is 24.0 Å². The van der Waals surface area contributed by atoms with Crippen molar-refractivity contribution in [3.8, 4) is 0 Å². The Hall–Kier alpha value is -2.07. The number of furan rings is 1. The summed E-state index contributed by atoms with van der Waals surface area (Å²) in [6, 6.07) is 11.3. The highest BCUT2D eigenvalue weighted by Crippen LogP contribution is 2.26. The van der Waals surface area contributed by atoms with Gasteiger partial charge in [-0.1, -0.05) is 25.0 Å². The van der Waals surface area contributed by atoms with E-state index in [0.29, 0.717) is 24.8 Å². The molecule has 1 amide bonds. The monoisotopic (exact) mass is 540 g/mol. The fourth-order valence-corrected chi connectivity index (χ4v) is 3.62. The lowest BCUT2D eigenvalue weighted by molar-refractivity contribution is -0.119. The molecule has 8 heteroatoms. The van der Waals surface area contributed by atoms with Crippen molar-refractivity contribution in [3.05, 3.63) is 54.0 Å². The Morgan fingerprint density at radius 1 is 1.23 bits per heavy atom. The average Bonchev–Trinajstić information content (AvgIpc) is 3.45. The predicted molar refractivity (Wildman–Crippen MR) is 134 cm³/mol. The van der Waals surface area contributed by atoms with E-state index in [1.165, 1.54) is 0 Å². The lowest BCUT2D eigenvalue weighted by Crippen LogP contribution is -2.44. The number of amides is 1. The SMILES string of the molecule is CCNC(=NCc1cccc(NC(=O)C2CCCC2)c1)NCC(C)(O)c1ccco1.I. The van der Waals surface area contributed by atoms with Gasteiger partial charge in [-0.2, -0.15) is 0 Å². The van der Waals surface area contributed by atoms with Crippen LogP contribution in [0.3, 0.4) is 0 Å². The molecule has 1 aromatic carbocycles. The van der Waals surface area contributed by atoms with Gasteiger partial charge in [-0.05, 0) is 56.5 Å². The van der Waals surface area contributed by atoms with Gasteiger partial charge < -0.3 is 25.5 Å². The molecule has 3 rings (SSSR count). The van der Waals surface area contributed by atoms with Crippen molar-refractivity contribution in [2.45, 2.75) is 51.7 Å². The van der Waals surface area contributed by atoms with Crippen molar-refractivity contribution in [2.24, 2.45) is 10.9 Å². The molecular weight excluding hydrogens is 507 g/mol. The number of halogens is 1. The lowest BCUT2D eigenvalue weighted by Gasteiger charge is -2.22. The van der Waals surface area contributed by atoms with Gasteiger partial charge in [0.15, 0.2) is 5.96 Å². The Kier molecular flexibility index (Phi) is 9.83. The minimum Gasteiger partial charge on any atom is -0.466 e. The molecular formula is C23H33IN4O3. The summed E-state index contributed by atoms with van der Waals surface area (Å²) in [5.41, 5.74) is 0.650. The Labute approximate surface area is 201 Å². The molecule has 7 nitrogen and oxygen atoms in total. The van der Waals surface area contributed by atoms with E-state index in [0.717, 1.165) is 36.9 Å². The molecule has 0 saturated heterocycles. The van der Waals surface area contributed by atoms with E-state index in [9.17, 15) is 9.90 Å². The van der Waals surface area contributed by atoms with Crippen molar-refractivity contribution < 1.29 is 14.3 Å². The van der Waals surface area contributed by atoms with E-state index in [2.05, 4.69) is 20.9 Å². The summed E-state index contributed by atoms with van der Waals surface area (Å²) < 4.78 is 5.32. The predicted octanol–water partition coefficient (Wildman–Crippen LogP) is 3.99. The van der Waals surface area contributed by atoms with Crippen LogP contribution < -0.4 is 16.0 Å². The van der Waals surface area contributed by atoms with Crippen LogP contribution in [0.4, 0.5) is 5.69 Å². The van der Waals surface area contributed by atoms with Crippen molar-refractivity contribution >= 4 is 41.5 Å². The van der Waals surface area contributed by atoms with Crippen LogP contribution in [-0.4, -0.2) is 30.1 Å². The largest absolute Gasteiger partial charge is 0.466 e. The van der Waals surface area contributed by atoms with E-state index >= 15 is 0 Å². The summed E-state index contributed by atoms with van der Waals surface area (Å²) in [5.74, 6) is 1.35. The zero-order chi connectivity index (χ0) is 21.4. The van der Waals surface area contributed by atoms with Crippen LogP contribution in [0.25, 0.3) is 0 Å². The fraction of sp³-hybridized carbons (Fsp3) is 0.478. The van der Waals surface area contributed by atoms with Gasteiger partial charge in [0.05, 0.1) is 19.4 Å². The third kappa shape index (κ3) is 7.53. The van der Waals surface area contributed by atoms with Gasteiger partial charge in [0.25, 0.3) is 0 Å². The van der Waals surface area contributed by atoms with Gasteiger partial charge in [0, 0.05) is 18.2 Å². The molecule has 0 bridgehead atoms. The highest BCUT2D eigenvalue weighted by Gasteiger charge is 2.26. The molecule has 170 valence electrons. The third-order valence-electron chi connectivity index (χ3n) is 5.34. The average molecular weight is 540 g/mol. The molecule has 0 spiro atoms. The van der Waals surface area contributed by atoms with Crippen molar-refractivity contribution in [1.29, 1.82) is 0 Å². The number of anilines is 1. The highest BCUT2D eigenvalue weighted by atomic mass is 127. The maximum absolute atomic E-state index is 12.4. The molecule has 4 N–H and O–H groups in total. The van der Waals surface area contributed by atoms with Crippen molar-refractivity contribution in [2.75, 3.05) is 18.4 Å². The summed E-state index contributed by atoms with van der Waals surface area (Å²) in [6.07, 6.45) is 5.78. The molecule has 1 heterocycles. The zero-order valence-electron chi connectivity index (χ0n) is 18.2. The standard InChI is InChI=1S/C23H32N4O3.HI/c1-3-24-22(26-16-23(2,29)20-12-7-13-30-20)25-15-17-8-6-11-19(14-17)27-21(28)18-9-4-5-10-18;/h6-8,11-14,18,29H,3-5,9-10,15-16H2,1-2H3,(H,27,28)(H2,24,25,26);1H.